The number of furan rings is 1. The number of benzene rings is 10. The Hall–Kier alpha value is -8.20. The van der Waals surface area contributed by atoms with Crippen LogP contribution in [0.1, 0.15) is 49.9 Å². The molecule has 1 heterocycles. The molecule has 68 heavy (non-hydrogen) atoms. The van der Waals surface area contributed by atoms with Crippen LogP contribution in [-0.2, 0) is 10.8 Å². The molecule has 10 aromatic carbocycles. The van der Waals surface area contributed by atoms with Gasteiger partial charge in [-0.25, -0.2) is 0 Å². The fourth-order valence-electron chi connectivity index (χ4n) is 11.6. The lowest BCUT2D eigenvalue weighted by Gasteiger charge is -2.30. The van der Waals surface area contributed by atoms with Crippen molar-refractivity contribution in [1.29, 1.82) is 0 Å². The molecule has 0 N–H and O–H groups in total. The maximum absolute atomic E-state index is 6.28. The van der Waals surface area contributed by atoms with Crippen LogP contribution >= 0.6 is 0 Å². The predicted octanol–water partition coefficient (Wildman–Crippen LogP) is 18.3. The smallest absolute Gasteiger partial charge is 0.136 e. The molecule has 324 valence electrons. The molecular formula is C66H49NO. The van der Waals surface area contributed by atoms with E-state index in [9.17, 15) is 0 Å². The summed E-state index contributed by atoms with van der Waals surface area (Å²) in [5, 5.41) is 2.29. The topological polar surface area (TPSA) is 16.4 Å². The molecule has 2 aliphatic rings. The molecule has 0 bridgehead atoms. The molecule has 0 fully saturated rings. The third-order valence-corrected chi connectivity index (χ3v) is 15.1. The lowest BCUT2D eigenvalue weighted by molar-refractivity contribution is 0.660. The quantitative estimate of drug-likeness (QED) is 0.159. The van der Waals surface area contributed by atoms with Gasteiger partial charge in [-0.3, -0.25) is 0 Å². The number of rotatable bonds is 7. The van der Waals surface area contributed by atoms with Crippen LogP contribution < -0.4 is 4.90 Å². The molecule has 0 atom stereocenters. The maximum atomic E-state index is 6.28. The molecular weight excluding hydrogens is 823 g/mol. The number of nitrogens with zero attached hydrogens (tertiary/aromatic N) is 1. The van der Waals surface area contributed by atoms with Crippen molar-refractivity contribution in [3.8, 4) is 66.8 Å². The minimum atomic E-state index is -0.157. The molecule has 0 aliphatic heterocycles. The second kappa shape index (κ2) is 15.2. The van der Waals surface area contributed by atoms with E-state index in [1.807, 2.05) is 12.1 Å². The Labute approximate surface area is 398 Å². The van der Waals surface area contributed by atoms with Crippen LogP contribution in [0.4, 0.5) is 17.1 Å². The standard InChI is InChI=1S/C66H49NO/c1-65(2)58-22-12-9-19-56(58)64-51(20-14-23-59(64)65)45-29-33-48(34-30-45)67(49-35-38-53-52-17-8-11-21-57(52)66(3,4)60(53)41-49)61-39-46(31-36-50(61)44-15-6-5-7-16-44)42-25-27-43(28-26-42)47-32-37-55-54-18-10-13-24-62(54)68-63(55)40-47/h5-41H,1-4H3. The Balaban J connectivity index is 0.959. The van der Waals surface area contributed by atoms with Crippen LogP contribution in [0.25, 0.3) is 88.7 Å². The zero-order chi connectivity index (χ0) is 45.7. The molecule has 0 unspecified atom stereocenters. The van der Waals surface area contributed by atoms with E-state index in [1.165, 1.54) is 61.2 Å². The highest BCUT2D eigenvalue weighted by Crippen LogP contribution is 2.54. The van der Waals surface area contributed by atoms with E-state index in [-0.39, 0.29) is 10.8 Å². The summed E-state index contributed by atoms with van der Waals surface area (Å²) in [6.07, 6.45) is 0. The lowest BCUT2D eigenvalue weighted by Crippen LogP contribution is -2.17. The van der Waals surface area contributed by atoms with E-state index in [0.717, 1.165) is 66.8 Å². The van der Waals surface area contributed by atoms with Crippen molar-refractivity contribution in [2.75, 3.05) is 4.90 Å². The van der Waals surface area contributed by atoms with Crippen LogP contribution in [0.3, 0.4) is 0 Å². The van der Waals surface area contributed by atoms with Gasteiger partial charge in [0.05, 0.1) is 5.69 Å². The summed E-state index contributed by atoms with van der Waals surface area (Å²) in [5.74, 6) is 0. The zero-order valence-corrected chi connectivity index (χ0v) is 38.7. The zero-order valence-electron chi connectivity index (χ0n) is 38.7. The average Bonchev–Trinajstić information content (AvgIpc) is 3.96. The highest BCUT2D eigenvalue weighted by atomic mass is 16.3. The first kappa shape index (κ1) is 40.1. The first-order valence-electron chi connectivity index (χ1n) is 23.8. The lowest BCUT2D eigenvalue weighted by atomic mass is 9.82. The number of fused-ring (bicyclic) bond motifs is 9. The largest absolute Gasteiger partial charge is 0.456 e. The predicted molar refractivity (Wildman–Crippen MR) is 285 cm³/mol. The van der Waals surface area contributed by atoms with Crippen molar-refractivity contribution in [2.45, 2.75) is 38.5 Å². The van der Waals surface area contributed by atoms with Gasteiger partial charge in [0.25, 0.3) is 0 Å². The highest BCUT2D eigenvalue weighted by Gasteiger charge is 2.38. The summed E-state index contributed by atoms with van der Waals surface area (Å²) >= 11 is 0. The van der Waals surface area contributed by atoms with Crippen molar-refractivity contribution in [3.05, 3.63) is 247 Å². The minimum Gasteiger partial charge on any atom is -0.456 e. The number of para-hydroxylation sites is 1. The highest BCUT2D eigenvalue weighted by molar-refractivity contribution is 6.06. The Morgan fingerprint density at radius 1 is 0.309 bits per heavy atom. The van der Waals surface area contributed by atoms with Gasteiger partial charge in [-0.15, -0.1) is 0 Å². The molecule has 0 spiro atoms. The van der Waals surface area contributed by atoms with Crippen LogP contribution in [0.2, 0.25) is 0 Å². The number of hydrogen-bond acceptors (Lipinski definition) is 2. The van der Waals surface area contributed by atoms with E-state index < -0.39 is 0 Å². The monoisotopic (exact) mass is 871 g/mol. The van der Waals surface area contributed by atoms with Crippen LogP contribution in [0, 0.1) is 0 Å². The molecule has 2 nitrogen and oxygen atoms in total. The summed E-state index contributed by atoms with van der Waals surface area (Å²) in [5.41, 5.74) is 25.1. The molecule has 0 saturated carbocycles. The first-order chi connectivity index (χ1) is 33.2. The summed E-state index contributed by atoms with van der Waals surface area (Å²) in [4.78, 5) is 2.49. The van der Waals surface area contributed by atoms with Crippen molar-refractivity contribution >= 4 is 39.0 Å². The van der Waals surface area contributed by atoms with Gasteiger partial charge in [0.1, 0.15) is 11.2 Å². The van der Waals surface area contributed by atoms with E-state index in [1.54, 1.807) is 0 Å². The number of hydrogen-bond donors (Lipinski definition) is 0. The molecule has 11 aromatic rings. The normalized spacial score (nSPS) is 13.8. The van der Waals surface area contributed by atoms with Crippen LogP contribution in [-0.4, -0.2) is 0 Å². The molecule has 0 radical (unpaired) electrons. The fourth-order valence-corrected chi connectivity index (χ4v) is 11.6. The van der Waals surface area contributed by atoms with Crippen LogP contribution in [0.5, 0.6) is 0 Å². The van der Waals surface area contributed by atoms with Gasteiger partial charge >= 0.3 is 0 Å². The second-order valence-electron chi connectivity index (χ2n) is 19.7. The van der Waals surface area contributed by atoms with E-state index in [2.05, 4.69) is 245 Å². The Morgan fingerprint density at radius 3 is 1.60 bits per heavy atom. The molecule has 0 saturated heterocycles. The summed E-state index contributed by atoms with van der Waals surface area (Å²) < 4.78 is 6.28. The Bertz CT molecular complexity index is 3780. The van der Waals surface area contributed by atoms with Crippen LogP contribution in [0.15, 0.2) is 229 Å². The van der Waals surface area contributed by atoms with Gasteiger partial charge in [0.2, 0.25) is 0 Å². The summed E-state index contributed by atoms with van der Waals surface area (Å²) in [7, 11) is 0. The minimum absolute atomic E-state index is 0.0668. The van der Waals surface area contributed by atoms with Crippen molar-refractivity contribution in [1.82, 2.24) is 0 Å². The maximum Gasteiger partial charge on any atom is 0.136 e. The third-order valence-electron chi connectivity index (χ3n) is 15.1. The second-order valence-corrected chi connectivity index (χ2v) is 19.7. The third kappa shape index (κ3) is 6.17. The summed E-state index contributed by atoms with van der Waals surface area (Å²) in [6, 6.07) is 82.7. The SMILES string of the molecule is CC1(C)c2ccccc2-c2ccc(N(c3ccc(-c4cccc5c4-c4ccccc4C5(C)C)cc3)c3cc(-c4ccc(-c5ccc6c(c5)oc5ccccc56)cc4)ccc3-c3ccccc3)cc21. The molecule has 2 heteroatoms. The molecule has 2 aliphatic carbocycles. The van der Waals surface area contributed by atoms with Gasteiger partial charge in [-0.2, -0.15) is 0 Å². The van der Waals surface area contributed by atoms with E-state index >= 15 is 0 Å². The van der Waals surface area contributed by atoms with E-state index in [0.29, 0.717) is 0 Å². The van der Waals surface area contributed by atoms with Gasteiger partial charge in [0, 0.05) is 38.5 Å². The van der Waals surface area contributed by atoms with Crippen molar-refractivity contribution in [3.63, 3.8) is 0 Å². The van der Waals surface area contributed by atoms with E-state index in [4.69, 9.17) is 4.42 Å². The summed E-state index contributed by atoms with van der Waals surface area (Å²) in [6.45, 7) is 9.45. The van der Waals surface area contributed by atoms with Crippen molar-refractivity contribution in [2.24, 2.45) is 0 Å². The Morgan fingerprint density at radius 2 is 0.824 bits per heavy atom. The average molecular weight is 872 g/mol. The van der Waals surface area contributed by atoms with Gasteiger partial charge in [-0.1, -0.05) is 204 Å². The first-order valence-corrected chi connectivity index (χ1v) is 23.8. The number of anilines is 3. The molecule has 0 amide bonds. The van der Waals surface area contributed by atoms with Gasteiger partial charge in [-0.05, 0) is 132 Å². The van der Waals surface area contributed by atoms with Gasteiger partial charge in [0.15, 0.2) is 0 Å². The fraction of sp³-hybridized carbons (Fsp3) is 0.0909. The molecule has 13 rings (SSSR count). The van der Waals surface area contributed by atoms with Crippen molar-refractivity contribution < 1.29 is 4.42 Å². The van der Waals surface area contributed by atoms with Gasteiger partial charge < -0.3 is 9.32 Å². The Kier molecular flexibility index (Phi) is 8.95. The molecule has 1 aromatic heterocycles.